The Kier molecular flexibility index (Phi) is 4.18. The SMILES string of the molecule is O=C(OCCCl)N1CCOCC1. The van der Waals surface area contributed by atoms with Gasteiger partial charge >= 0.3 is 6.09 Å². The molecule has 0 bridgehead atoms. The molecular weight excluding hydrogens is 182 g/mol. The van der Waals surface area contributed by atoms with Crippen LogP contribution in [0.25, 0.3) is 0 Å². The van der Waals surface area contributed by atoms with E-state index in [2.05, 4.69) is 0 Å². The third kappa shape index (κ3) is 2.87. The van der Waals surface area contributed by atoms with Crippen molar-refractivity contribution in [1.29, 1.82) is 0 Å². The van der Waals surface area contributed by atoms with Gasteiger partial charge in [-0.1, -0.05) is 0 Å². The summed E-state index contributed by atoms with van der Waals surface area (Å²) in [7, 11) is 0. The molecular formula is C7H12ClNO3. The number of carbonyl (C=O) groups excluding carboxylic acids is 1. The maximum absolute atomic E-state index is 11.1. The highest BCUT2D eigenvalue weighted by atomic mass is 35.5. The Morgan fingerprint density at radius 3 is 2.75 bits per heavy atom. The van der Waals surface area contributed by atoms with Crippen molar-refractivity contribution < 1.29 is 14.3 Å². The van der Waals surface area contributed by atoms with Crippen LogP contribution < -0.4 is 0 Å². The van der Waals surface area contributed by atoms with Crippen molar-refractivity contribution in [3.05, 3.63) is 0 Å². The first-order valence-electron chi connectivity index (χ1n) is 3.90. The van der Waals surface area contributed by atoms with Crippen LogP contribution in [0.3, 0.4) is 0 Å². The lowest BCUT2D eigenvalue weighted by molar-refractivity contribution is 0.0288. The summed E-state index contributed by atoms with van der Waals surface area (Å²) in [4.78, 5) is 12.8. The van der Waals surface area contributed by atoms with Crippen LogP contribution in [0, 0.1) is 0 Å². The zero-order valence-electron chi connectivity index (χ0n) is 6.79. The number of amides is 1. The predicted molar refractivity (Wildman–Crippen MR) is 44.5 cm³/mol. The van der Waals surface area contributed by atoms with Gasteiger partial charge in [-0.05, 0) is 0 Å². The number of alkyl halides is 1. The minimum absolute atomic E-state index is 0.276. The molecule has 5 heteroatoms. The minimum Gasteiger partial charge on any atom is -0.448 e. The average Bonchev–Trinajstić information content (AvgIpc) is 2.15. The summed E-state index contributed by atoms with van der Waals surface area (Å²) < 4.78 is 9.91. The van der Waals surface area contributed by atoms with Gasteiger partial charge in [0.05, 0.1) is 19.1 Å². The normalized spacial score (nSPS) is 17.6. The highest BCUT2D eigenvalue weighted by Crippen LogP contribution is 1.99. The molecule has 4 nitrogen and oxygen atoms in total. The molecule has 0 aliphatic carbocycles. The summed E-state index contributed by atoms with van der Waals surface area (Å²) in [5.74, 6) is 0.343. The van der Waals surface area contributed by atoms with Crippen LogP contribution in [-0.4, -0.2) is 49.8 Å². The van der Waals surface area contributed by atoms with Gasteiger partial charge in [0, 0.05) is 13.1 Å². The van der Waals surface area contributed by atoms with Gasteiger partial charge in [0.25, 0.3) is 0 Å². The summed E-state index contributed by atoms with van der Waals surface area (Å²) in [5.41, 5.74) is 0. The highest BCUT2D eigenvalue weighted by Gasteiger charge is 2.17. The first-order chi connectivity index (χ1) is 5.84. The van der Waals surface area contributed by atoms with Crippen LogP contribution in [0.1, 0.15) is 0 Å². The van der Waals surface area contributed by atoms with E-state index in [4.69, 9.17) is 21.1 Å². The second-order valence-corrected chi connectivity index (χ2v) is 2.78. The fraction of sp³-hybridized carbons (Fsp3) is 0.857. The number of morpholine rings is 1. The first-order valence-corrected chi connectivity index (χ1v) is 4.43. The van der Waals surface area contributed by atoms with Gasteiger partial charge in [0.1, 0.15) is 6.61 Å². The van der Waals surface area contributed by atoms with Crippen molar-refractivity contribution in [2.24, 2.45) is 0 Å². The van der Waals surface area contributed by atoms with Gasteiger partial charge in [0.15, 0.2) is 0 Å². The van der Waals surface area contributed by atoms with Crippen LogP contribution in [0.4, 0.5) is 4.79 Å². The lowest BCUT2D eigenvalue weighted by Gasteiger charge is -2.25. The second kappa shape index (κ2) is 5.22. The minimum atomic E-state index is -0.293. The van der Waals surface area contributed by atoms with E-state index in [1.54, 1.807) is 4.90 Å². The molecule has 70 valence electrons. The topological polar surface area (TPSA) is 38.8 Å². The largest absolute Gasteiger partial charge is 0.448 e. The Morgan fingerprint density at radius 2 is 2.17 bits per heavy atom. The van der Waals surface area contributed by atoms with E-state index < -0.39 is 0 Å². The van der Waals surface area contributed by atoms with E-state index in [0.29, 0.717) is 32.2 Å². The summed E-state index contributed by atoms with van der Waals surface area (Å²) >= 11 is 5.36. The van der Waals surface area contributed by atoms with E-state index in [-0.39, 0.29) is 12.7 Å². The molecule has 0 aromatic rings. The van der Waals surface area contributed by atoms with Gasteiger partial charge in [-0.15, -0.1) is 11.6 Å². The number of carbonyl (C=O) groups is 1. The van der Waals surface area contributed by atoms with Crippen molar-refractivity contribution in [2.45, 2.75) is 0 Å². The molecule has 1 fully saturated rings. The summed E-state index contributed by atoms with van der Waals surface area (Å²) in [6.07, 6.45) is -0.293. The molecule has 0 spiro atoms. The van der Waals surface area contributed by atoms with Gasteiger partial charge in [-0.2, -0.15) is 0 Å². The third-order valence-corrected chi connectivity index (χ3v) is 1.73. The number of nitrogens with zero attached hydrogens (tertiary/aromatic N) is 1. The Bertz CT molecular complexity index is 148. The maximum atomic E-state index is 11.1. The van der Waals surface area contributed by atoms with Gasteiger partial charge in [-0.25, -0.2) is 4.79 Å². The molecule has 0 unspecified atom stereocenters. The molecule has 1 aliphatic rings. The zero-order valence-corrected chi connectivity index (χ0v) is 7.55. The molecule has 0 atom stereocenters. The monoisotopic (exact) mass is 193 g/mol. The Morgan fingerprint density at radius 1 is 1.50 bits per heavy atom. The number of hydrogen-bond acceptors (Lipinski definition) is 3. The number of halogens is 1. The van der Waals surface area contributed by atoms with Crippen molar-refractivity contribution >= 4 is 17.7 Å². The standard InChI is InChI=1S/C7H12ClNO3/c8-1-4-12-7(10)9-2-5-11-6-3-9/h1-6H2. The van der Waals surface area contributed by atoms with Crippen LogP contribution in [0.5, 0.6) is 0 Å². The van der Waals surface area contributed by atoms with Crippen LogP contribution in [0.15, 0.2) is 0 Å². The molecule has 1 heterocycles. The molecule has 0 aromatic heterocycles. The van der Waals surface area contributed by atoms with Crippen molar-refractivity contribution in [3.8, 4) is 0 Å². The summed E-state index contributed by atoms with van der Waals surface area (Å²) in [6.45, 7) is 2.69. The van der Waals surface area contributed by atoms with E-state index in [9.17, 15) is 4.79 Å². The van der Waals surface area contributed by atoms with Crippen LogP contribution >= 0.6 is 11.6 Å². The molecule has 0 aromatic carbocycles. The fourth-order valence-corrected chi connectivity index (χ4v) is 1.04. The maximum Gasteiger partial charge on any atom is 0.409 e. The molecule has 1 aliphatic heterocycles. The fourth-order valence-electron chi connectivity index (χ4n) is 0.963. The quantitative estimate of drug-likeness (QED) is 0.606. The summed E-state index contributed by atoms with van der Waals surface area (Å²) in [5, 5.41) is 0. The number of hydrogen-bond donors (Lipinski definition) is 0. The Labute approximate surface area is 76.4 Å². The predicted octanol–water partition coefficient (Wildman–Crippen LogP) is 0.694. The van der Waals surface area contributed by atoms with Gasteiger partial charge in [-0.3, -0.25) is 0 Å². The average molecular weight is 194 g/mol. The molecule has 1 amide bonds. The molecule has 0 radical (unpaired) electrons. The number of rotatable bonds is 2. The van der Waals surface area contributed by atoms with E-state index in [1.807, 2.05) is 0 Å². The Balaban J connectivity index is 2.20. The Hall–Kier alpha value is -0.480. The molecule has 1 rings (SSSR count). The summed E-state index contributed by atoms with van der Waals surface area (Å²) in [6, 6.07) is 0. The third-order valence-electron chi connectivity index (χ3n) is 1.57. The molecule has 1 saturated heterocycles. The first kappa shape index (κ1) is 9.61. The lowest BCUT2D eigenvalue weighted by Crippen LogP contribution is -2.41. The van der Waals surface area contributed by atoms with Gasteiger partial charge in [0.2, 0.25) is 0 Å². The van der Waals surface area contributed by atoms with Crippen LogP contribution in [-0.2, 0) is 9.47 Å². The molecule has 0 saturated carbocycles. The van der Waals surface area contributed by atoms with E-state index in [1.165, 1.54) is 0 Å². The van der Waals surface area contributed by atoms with E-state index in [0.717, 1.165) is 0 Å². The van der Waals surface area contributed by atoms with Crippen molar-refractivity contribution in [2.75, 3.05) is 38.8 Å². The molecule has 0 N–H and O–H groups in total. The second-order valence-electron chi connectivity index (χ2n) is 2.40. The zero-order chi connectivity index (χ0) is 8.81. The number of ether oxygens (including phenoxy) is 2. The van der Waals surface area contributed by atoms with Crippen molar-refractivity contribution in [1.82, 2.24) is 4.90 Å². The van der Waals surface area contributed by atoms with Gasteiger partial charge < -0.3 is 14.4 Å². The van der Waals surface area contributed by atoms with Crippen molar-refractivity contribution in [3.63, 3.8) is 0 Å². The smallest absolute Gasteiger partial charge is 0.409 e. The lowest BCUT2D eigenvalue weighted by atomic mass is 10.5. The molecule has 12 heavy (non-hydrogen) atoms. The highest BCUT2D eigenvalue weighted by molar-refractivity contribution is 6.18. The van der Waals surface area contributed by atoms with E-state index >= 15 is 0 Å². The van der Waals surface area contributed by atoms with Crippen LogP contribution in [0.2, 0.25) is 0 Å².